The molecule has 0 aliphatic heterocycles. The molecule has 1 amide bonds. The van der Waals surface area contributed by atoms with Crippen molar-refractivity contribution in [3.8, 4) is 5.75 Å². The highest BCUT2D eigenvalue weighted by Crippen LogP contribution is 2.22. The van der Waals surface area contributed by atoms with Crippen molar-refractivity contribution in [2.24, 2.45) is 0 Å². The first-order valence-electron chi connectivity index (χ1n) is 6.24. The summed E-state index contributed by atoms with van der Waals surface area (Å²) in [6, 6.07) is 10.9. The second kappa shape index (κ2) is 6.45. The van der Waals surface area contributed by atoms with Crippen LogP contribution in [-0.2, 0) is 4.79 Å². The van der Waals surface area contributed by atoms with Gasteiger partial charge in [-0.15, -0.1) is 0 Å². The van der Waals surface area contributed by atoms with Gasteiger partial charge in [-0.2, -0.15) is 0 Å². The lowest BCUT2D eigenvalue weighted by atomic mass is 10.2. The number of carbonyl (C=O) groups excluding carboxylic acids is 1. The predicted molar refractivity (Wildman–Crippen MR) is 81.0 cm³/mol. The Hall–Kier alpha value is -2.27. The van der Waals surface area contributed by atoms with Crippen LogP contribution in [0.2, 0.25) is 5.02 Å². The molecule has 1 unspecified atom stereocenters. The summed E-state index contributed by atoms with van der Waals surface area (Å²) in [4.78, 5) is 12.0. The molecule has 0 aliphatic carbocycles. The molecule has 0 saturated heterocycles. The molecule has 1 atom stereocenters. The van der Waals surface area contributed by atoms with Gasteiger partial charge in [0.05, 0.1) is 16.4 Å². The van der Waals surface area contributed by atoms with E-state index in [9.17, 15) is 9.18 Å². The number of nitrogens with one attached hydrogen (secondary N) is 1. The van der Waals surface area contributed by atoms with Crippen LogP contribution in [0.15, 0.2) is 42.5 Å². The molecule has 4 nitrogen and oxygen atoms in total. The molecule has 0 fully saturated rings. The minimum atomic E-state index is -0.815. The van der Waals surface area contributed by atoms with Gasteiger partial charge in [0.1, 0.15) is 11.6 Å². The smallest absolute Gasteiger partial charge is 0.265 e. The third kappa shape index (κ3) is 3.86. The van der Waals surface area contributed by atoms with E-state index in [0.29, 0.717) is 11.4 Å². The van der Waals surface area contributed by atoms with Crippen molar-refractivity contribution in [2.75, 3.05) is 11.1 Å². The lowest BCUT2D eigenvalue weighted by molar-refractivity contribution is -0.122. The maximum Gasteiger partial charge on any atom is 0.265 e. The van der Waals surface area contributed by atoms with Crippen molar-refractivity contribution < 1.29 is 13.9 Å². The lowest BCUT2D eigenvalue weighted by Gasteiger charge is -2.15. The van der Waals surface area contributed by atoms with Gasteiger partial charge >= 0.3 is 0 Å². The summed E-state index contributed by atoms with van der Waals surface area (Å²) in [6.07, 6.45) is -0.815. The monoisotopic (exact) mass is 308 g/mol. The van der Waals surface area contributed by atoms with Gasteiger partial charge in [-0.3, -0.25) is 4.79 Å². The maximum atomic E-state index is 13.3. The number of rotatable bonds is 4. The largest absolute Gasteiger partial charge is 0.481 e. The van der Waals surface area contributed by atoms with Gasteiger partial charge < -0.3 is 15.8 Å². The Morgan fingerprint density at radius 1 is 1.33 bits per heavy atom. The van der Waals surface area contributed by atoms with Crippen molar-refractivity contribution in [3.63, 3.8) is 0 Å². The van der Waals surface area contributed by atoms with E-state index >= 15 is 0 Å². The molecule has 2 rings (SSSR count). The molecule has 0 bridgehead atoms. The first kappa shape index (κ1) is 15.1. The quantitative estimate of drug-likeness (QED) is 0.850. The van der Waals surface area contributed by atoms with E-state index in [0.717, 1.165) is 6.07 Å². The average Bonchev–Trinajstić information content (AvgIpc) is 2.45. The Bertz CT molecular complexity index is 664. The van der Waals surface area contributed by atoms with E-state index in [4.69, 9.17) is 22.1 Å². The van der Waals surface area contributed by atoms with E-state index in [1.54, 1.807) is 31.2 Å². The molecule has 0 heterocycles. The Balaban J connectivity index is 2.02. The summed E-state index contributed by atoms with van der Waals surface area (Å²) in [5.74, 6) is -0.766. The number of anilines is 2. The number of ether oxygens (including phenoxy) is 1. The van der Waals surface area contributed by atoms with Crippen LogP contribution in [0.25, 0.3) is 0 Å². The van der Waals surface area contributed by atoms with Crippen LogP contribution in [0.4, 0.5) is 15.8 Å². The second-order valence-electron chi connectivity index (χ2n) is 4.41. The summed E-state index contributed by atoms with van der Waals surface area (Å²) in [5.41, 5.74) is 6.69. The Morgan fingerprint density at radius 3 is 2.71 bits per heavy atom. The number of benzene rings is 2. The number of nitrogen functional groups attached to an aromatic ring is 1. The Kier molecular flexibility index (Phi) is 4.65. The van der Waals surface area contributed by atoms with E-state index in [2.05, 4.69) is 5.32 Å². The number of hydrogen-bond donors (Lipinski definition) is 2. The molecule has 3 N–H and O–H groups in total. The van der Waals surface area contributed by atoms with Crippen LogP contribution in [-0.4, -0.2) is 12.0 Å². The summed E-state index contributed by atoms with van der Waals surface area (Å²) in [6.45, 7) is 1.56. The van der Waals surface area contributed by atoms with Crippen LogP contribution in [0.3, 0.4) is 0 Å². The van der Waals surface area contributed by atoms with Gasteiger partial charge in [-0.05, 0) is 31.2 Å². The molecule has 2 aromatic rings. The van der Waals surface area contributed by atoms with E-state index in [1.165, 1.54) is 12.1 Å². The van der Waals surface area contributed by atoms with Crippen LogP contribution < -0.4 is 15.8 Å². The van der Waals surface area contributed by atoms with E-state index < -0.39 is 11.9 Å². The maximum absolute atomic E-state index is 13.3. The van der Waals surface area contributed by atoms with Crippen molar-refractivity contribution in [1.82, 2.24) is 0 Å². The number of amides is 1. The molecule has 2 aromatic carbocycles. The number of nitrogens with two attached hydrogens (primary N) is 1. The first-order valence-corrected chi connectivity index (χ1v) is 6.62. The van der Waals surface area contributed by atoms with Gasteiger partial charge in [0.25, 0.3) is 5.91 Å². The molecule has 21 heavy (non-hydrogen) atoms. The standard InChI is InChI=1S/C15H14ClFN2O2/c1-9(21-10-6-7-11(16)12(17)8-10)15(20)19-14-5-3-2-4-13(14)18/h2-9H,18H2,1H3,(H,19,20). The van der Waals surface area contributed by atoms with Crippen LogP contribution >= 0.6 is 11.6 Å². The van der Waals surface area contributed by atoms with Gasteiger partial charge in [0.15, 0.2) is 6.10 Å². The number of para-hydroxylation sites is 2. The topological polar surface area (TPSA) is 64.3 Å². The fraction of sp³-hybridized carbons (Fsp3) is 0.133. The molecular formula is C15H14ClFN2O2. The molecular weight excluding hydrogens is 295 g/mol. The zero-order chi connectivity index (χ0) is 15.4. The number of hydrogen-bond acceptors (Lipinski definition) is 3. The van der Waals surface area contributed by atoms with Crippen LogP contribution in [0.5, 0.6) is 5.75 Å². The third-order valence-electron chi connectivity index (χ3n) is 2.79. The Labute approximate surface area is 126 Å². The van der Waals surface area contributed by atoms with Crippen molar-refractivity contribution in [1.29, 1.82) is 0 Å². The Morgan fingerprint density at radius 2 is 2.05 bits per heavy atom. The van der Waals surface area contributed by atoms with Gasteiger partial charge in [0.2, 0.25) is 0 Å². The van der Waals surface area contributed by atoms with Crippen molar-refractivity contribution >= 4 is 28.9 Å². The predicted octanol–water partition coefficient (Wildman–Crippen LogP) is 3.47. The molecule has 0 radical (unpaired) electrons. The molecule has 110 valence electrons. The van der Waals surface area contributed by atoms with E-state index in [-0.39, 0.29) is 16.7 Å². The summed E-state index contributed by atoms with van der Waals surface area (Å²) >= 11 is 5.58. The normalized spacial score (nSPS) is 11.8. The highest BCUT2D eigenvalue weighted by molar-refractivity contribution is 6.30. The number of carbonyl (C=O) groups is 1. The van der Waals surface area contributed by atoms with Crippen molar-refractivity contribution in [3.05, 3.63) is 53.3 Å². The fourth-order valence-corrected chi connectivity index (χ4v) is 1.77. The lowest BCUT2D eigenvalue weighted by Crippen LogP contribution is -2.30. The zero-order valence-electron chi connectivity index (χ0n) is 11.3. The first-order chi connectivity index (χ1) is 9.97. The molecule has 0 spiro atoms. The minimum absolute atomic E-state index is 0.00323. The molecule has 0 aromatic heterocycles. The summed E-state index contributed by atoms with van der Waals surface area (Å²) in [5, 5.41) is 2.64. The fourth-order valence-electron chi connectivity index (χ4n) is 1.65. The molecule has 0 aliphatic rings. The SMILES string of the molecule is CC(Oc1ccc(Cl)c(F)c1)C(=O)Nc1ccccc1N. The van der Waals surface area contributed by atoms with Gasteiger partial charge in [-0.25, -0.2) is 4.39 Å². The van der Waals surface area contributed by atoms with Gasteiger partial charge in [0, 0.05) is 6.07 Å². The average molecular weight is 309 g/mol. The third-order valence-corrected chi connectivity index (χ3v) is 3.10. The van der Waals surface area contributed by atoms with E-state index in [1.807, 2.05) is 0 Å². The van der Waals surface area contributed by atoms with Gasteiger partial charge in [-0.1, -0.05) is 23.7 Å². The highest BCUT2D eigenvalue weighted by Gasteiger charge is 2.16. The van der Waals surface area contributed by atoms with Crippen LogP contribution in [0.1, 0.15) is 6.92 Å². The van der Waals surface area contributed by atoms with Crippen molar-refractivity contribution in [2.45, 2.75) is 13.0 Å². The number of halogens is 2. The van der Waals surface area contributed by atoms with Crippen LogP contribution in [0, 0.1) is 5.82 Å². The molecule has 6 heteroatoms. The summed E-state index contributed by atoms with van der Waals surface area (Å²) < 4.78 is 18.7. The minimum Gasteiger partial charge on any atom is -0.481 e. The zero-order valence-corrected chi connectivity index (χ0v) is 12.0. The summed E-state index contributed by atoms with van der Waals surface area (Å²) in [7, 11) is 0. The molecule has 0 saturated carbocycles. The second-order valence-corrected chi connectivity index (χ2v) is 4.82. The highest BCUT2D eigenvalue weighted by atomic mass is 35.5.